The Morgan fingerprint density at radius 2 is 2.27 bits per heavy atom. The van der Waals surface area contributed by atoms with E-state index in [0.717, 1.165) is 17.8 Å². The van der Waals surface area contributed by atoms with E-state index in [0.29, 0.717) is 24.7 Å². The molecule has 3 rings (SSSR count). The molecule has 1 aliphatic rings. The van der Waals surface area contributed by atoms with Crippen LogP contribution in [-0.4, -0.2) is 50.6 Å². The molecule has 2 aromatic rings. The van der Waals surface area contributed by atoms with Crippen LogP contribution in [0.4, 0.5) is 0 Å². The van der Waals surface area contributed by atoms with E-state index in [9.17, 15) is 9.59 Å². The molecule has 0 bridgehead atoms. The first-order valence-electron chi connectivity index (χ1n) is 8.77. The van der Waals surface area contributed by atoms with Crippen LogP contribution in [0.25, 0.3) is 11.5 Å². The summed E-state index contributed by atoms with van der Waals surface area (Å²) in [6.07, 6.45) is 2.87. The second-order valence-corrected chi connectivity index (χ2v) is 8.13. The van der Waals surface area contributed by atoms with Gasteiger partial charge in [-0.05, 0) is 40.5 Å². The molecular formula is C18H24N4O3S. The van der Waals surface area contributed by atoms with E-state index in [4.69, 9.17) is 4.74 Å². The van der Waals surface area contributed by atoms with Crippen LogP contribution in [0.5, 0.6) is 0 Å². The molecule has 26 heavy (non-hydrogen) atoms. The van der Waals surface area contributed by atoms with Gasteiger partial charge >= 0.3 is 0 Å². The Balaban J connectivity index is 1.85. The molecule has 1 saturated heterocycles. The van der Waals surface area contributed by atoms with E-state index in [2.05, 4.69) is 15.0 Å². The van der Waals surface area contributed by atoms with E-state index < -0.39 is 5.56 Å². The summed E-state index contributed by atoms with van der Waals surface area (Å²) in [6, 6.07) is 0.0523. The zero-order valence-corrected chi connectivity index (χ0v) is 16.4. The average molecular weight is 376 g/mol. The van der Waals surface area contributed by atoms with Gasteiger partial charge in [-0.15, -0.1) is 11.3 Å². The number of ether oxygens (including phenoxy) is 1. The van der Waals surface area contributed by atoms with Gasteiger partial charge in [0.05, 0.1) is 10.6 Å². The summed E-state index contributed by atoms with van der Waals surface area (Å²) in [5.41, 5.74) is -0.0300. The van der Waals surface area contributed by atoms with Gasteiger partial charge in [0.15, 0.2) is 5.82 Å². The fraction of sp³-hybridized carbons (Fsp3) is 0.556. The predicted octanol–water partition coefficient (Wildman–Crippen LogP) is 2.62. The Labute approximate surface area is 156 Å². The lowest BCUT2D eigenvalue weighted by Gasteiger charge is -2.40. The Kier molecular flexibility index (Phi) is 5.24. The Morgan fingerprint density at radius 1 is 1.50 bits per heavy atom. The van der Waals surface area contributed by atoms with Crippen LogP contribution < -0.4 is 5.56 Å². The van der Waals surface area contributed by atoms with Crippen LogP contribution in [-0.2, 0) is 4.74 Å². The van der Waals surface area contributed by atoms with E-state index in [1.807, 2.05) is 33.1 Å². The monoisotopic (exact) mass is 376 g/mol. The second kappa shape index (κ2) is 7.28. The van der Waals surface area contributed by atoms with Crippen LogP contribution in [0, 0.1) is 6.92 Å². The molecule has 1 unspecified atom stereocenters. The number of aryl methyl sites for hydroxylation is 1. The molecule has 7 nitrogen and oxygen atoms in total. The zero-order chi connectivity index (χ0) is 18.9. The number of aromatic amines is 1. The van der Waals surface area contributed by atoms with Crippen molar-refractivity contribution >= 4 is 17.2 Å². The maximum atomic E-state index is 13.0. The highest BCUT2D eigenvalue weighted by molar-refractivity contribution is 7.09. The van der Waals surface area contributed by atoms with Gasteiger partial charge in [-0.1, -0.05) is 0 Å². The predicted molar refractivity (Wildman–Crippen MR) is 100 cm³/mol. The first kappa shape index (κ1) is 18.7. The average Bonchev–Trinajstić information content (AvgIpc) is 3.01. The van der Waals surface area contributed by atoms with Crippen LogP contribution in [0.15, 0.2) is 16.4 Å². The SMILES string of the molecule is CCN(C(=O)c1cnc(-c2csc(C)n2)[nH]c1=O)C1CCOC(C)(C)C1. The summed E-state index contributed by atoms with van der Waals surface area (Å²) in [5.74, 6) is 0.0936. The molecule has 1 amide bonds. The minimum Gasteiger partial charge on any atom is -0.375 e. The van der Waals surface area contributed by atoms with Crippen molar-refractivity contribution in [2.45, 2.75) is 52.2 Å². The van der Waals surface area contributed by atoms with Crippen molar-refractivity contribution in [3.05, 3.63) is 32.5 Å². The minimum atomic E-state index is -0.435. The molecule has 1 aliphatic heterocycles. The molecule has 1 atom stereocenters. The van der Waals surface area contributed by atoms with Gasteiger partial charge in [0.25, 0.3) is 11.5 Å². The number of hydrogen-bond donors (Lipinski definition) is 1. The molecule has 1 N–H and O–H groups in total. The minimum absolute atomic E-state index is 0.0523. The van der Waals surface area contributed by atoms with Crippen molar-refractivity contribution in [2.75, 3.05) is 13.2 Å². The normalized spacial score (nSPS) is 19.3. The second-order valence-electron chi connectivity index (χ2n) is 7.07. The number of H-pyrrole nitrogens is 1. The third kappa shape index (κ3) is 3.86. The van der Waals surface area contributed by atoms with Crippen molar-refractivity contribution in [3.63, 3.8) is 0 Å². The molecule has 0 aliphatic carbocycles. The van der Waals surface area contributed by atoms with Gasteiger partial charge in [0.2, 0.25) is 0 Å². The first-order valence-corrected chi connectivity index (χ1v) is 9.65. The third-order valence-corrected chi connectivity index (χ3v) is 5.38. The molecule has 2 aromatic heterocycles. The summed E-state index contributed by atoms with van der Waals surface area (Å²) in [5, 5.41) is 2.72. The fourth-order valence-corrected chi connectivity index (χ4v) is 3.94. The third-order valence-electron chi connectivity index (χ3n) is 4.60. The topological polar surface area (TPSA) is 88.2 Å². The van der Waals surface area contributed by atoms with E-state index in [1.54, 1.807) is 4.90 Å². The smallest absolute Gasteiger partial charge is 0.264 e. The van der Waals surface area contributed by atoms with Crippen LogP contribution in [0.1, 0.15) is 49.0 Å². The maximum absolute atomic E-state index is 13.0. The lowest BCUT2D eigenvalue weighted by Crippen LogP contribution is -2.49. The van der Waals surface area contributed by atoms with Crippen molar-refractivity contribution in [2.24, 2.45) is 0 Å². The van der Waals surface area contributed by atoms with Gasteiger partial charge in [0.1, 0.15) is 11.3 Å². The number of nitrogens with zero attached hydrogens (tertiary/aromatic N) is 3. The highest BCUT2D eigenvalue weighted by Crippen LogP contribution is 2.28. The molecule has 0 saturated carbocycles. The molecular weight excluding hydrogens is 352 g/mol. The van der Waals surface area contributed by atoms with Crippen LogP contribution in [0.2, 0.25) is 0 Å². The molecule has 140 valence electrons. The number of hydrogen-bond acceptors (Lipinski definition) is 6. The van der Waals surface area contributed by atoms with Gasteiger partial charge in [-0.25, -0.2) is 9.97 Å². The molecule has 0 radical (unpaired) electrons. The van der Waals surface area contributed by atoms with Crippen molar-refractivity contribution < 1.29 is 9.53 Å². The highest BCUT2D eigenvalue weighted by atomic mass is 32.1. The van der Waals surface area contributed by atoms with Gasteiger partial charge in [-0.2, -0.15) is 0 Å². The Hall–Kier alpha value is -2.06. The number of carbonyl (C=O) groups excluding carboxylic acids is 1. The first-order chi connectivity index (χ1) is 12.3. The lowest BCUT2D eigenvalue weighted by atomic mass is 9.92. The molecule has 0 spiro atoms. The summed E-state index contributed by atoms with van der Waals surface area (Å²) in [6.45, 7) is 9.00. The largest absolute Gasteiger partial charge is 0.375 e. The summed E-state index contributed by atoms with van der Waals surface area (Å²) >= 11 is 1.48. The van der Waals surface area contributed by atoms with Gasteiger partial charge < -0.3 is 14.6 Å². The van der Waals surface area contributed by atoms with Gasteiger partial charge in [-0.3, -0.25) is 9.59 Å². The van der Waals surface area contributed by atoms with E-state index >= 15 is 0 Å². The number of aromatic nitrogens is 3. The number of thiazole rings is 1. The van der Waals surface area contributed by atoms with Gasteiger partial charge in [0, 0.05) is 30.8 Å². The van der Waals surface area contributed by atoms with Crippen molar-refractivity contribution in [1.82, 2.24) is 19.9 Å². The molecule has 3 heterocycles. The fourth-order valence-electron chi connectivity index (χ4n) is 3.34. The number of nitrogens with one attached hydrogen (secondary N) is 1. The molecule has 1 fully saturated rings. The summed E-state index contributed by atoms with van der Waals surface area (Å²) in [7, 11) is 0. The Bertz CT molecular complexity index is 858. The van der Waals surface area contributed by atoms with Crippen molar-refractivity contribution in [1.29, 1.82) is 0 Å². The molecule has 0 aromatic carbocycles. The maximum Gasteiger partial charge on any atom is 0.264 e. The highest BCUT2D eigenvalue weighted by Gasteiger charge is 2.34. The summed E-state index contributed by atoms with van der Waals surface area (Å²) < 4.78 is 5.74. The lowest BCUT2D eigenvalue weighted by molar-refractivity contribution is -0.0777. The number of carbonyl (C=O) groups is 1. The van der Waals surface area contributed by atoms with Crippen LogP contribution >= 0.6 is 11.3 Å². The number of rotatable bonds is 4. The van der Waals surface area contributed by atoms with Crippen molar-refractivity contribution in [3.8, 4) is 11.5 Å². The summed E-state index contributed by atoms with van der Waals surface area (Å²) in [4.78, 5) is 38.5. The Morgan fingerprint density at radius 3 is 2.85 bits per heavy atom. The zero-order valence-electron chi connectivity index (χ0n) is 15.5. The van der Waals surface area contributed by atoms with E-state index in [1.165, 1.54) is 17.5 Å². The van der Waals surface area contributed by atoms with E-state index in [-0.39, 0.29) is 23.1 Å². The molecule has 8 heteroatoms. The quantitative estimate of drug-likeness (QED) is 0.886. The number of amides is 1. The standard InChI is InChI=1S/C18H24N4O3S/c1-5-22(12-6-7-25-18(3,4)8-12)17(24)13-9-19-15(21-16(13)23)14-10-26-11(2)20-14/h9-10,12H,5-8H2,1-4H3,(H,19,21,23). The van der Waals surface area contributed by atoms with Crippen LogP contribution in [0.3, 0.4) is 0 Å².